The Morgan fingerprint density at radius 3 is 2.93 bits per heavy atom. The second-order valence-corrected chi connectivity index (χ2v) is 10.1. The number of carbonyl (C=O) groups is 1. The van der Waals surface area contributed by atoms with Crippen molar-refractivity contribution in [2.75, 3.05) is 26.7 Å². The molecule has 1 aromatic heterocycles. The molecule has 2 aliphatic heterocycles. The van der Waals surface area contributed by atoms with Gasteiger partial charge in [0.15, 0.2) is 0 Å². The molecule has 5 heteroatoms. The van der Waals surface area contributed by atoms with E-state index in [1.807, 2.05) is 18.3 Å². The lowest BCUT2D eigenvalue weighted by molar-refractivity contribution is -0.882. The summed E-state index contributed by atoms with van der Waals surface area (Å²) in [5, 5.41) is 0. The zero-order valence-corrected chi connectivity index (χ0v) is 17.2. The molecule has 2 saturated carbocycles. The van der Waals surface area contributed by atoms with Crippen LogP contribution in [0.1, 0.15) is 44.7 Å². The summed E-state index contributed by atoms with van der Waals surface area (Å²) in [5.74, 6) is 1.05. The van der Waals surface area contributed by atoms with Crippen molar-refractivity contribution in [2.45, 2.75) is 57.2 Å². The van der Waals surface area contributed by atoms with E-state index >= 15 is 0 Å². The molecule has 0 aromatic carbocycles. The first-order chi connectivity index (χ1) is 13.5. The van der Waals surface area contributed by atoms with Crippen LogP contribution < -0.4 is 4.90 Å². The molecule has 1 aromatic rings. The number of aromatic nitrogens is 1. The van der Waals surface area contributed by atoms with Gasteiger partial charge < -0.3 is 14.4 Å². The second kappa shape index (κ2) is 6.81. The number of nitrogens with one attached hydrogen (secondary N) is 1. The number of likely N-dealkylation sites (N-methyl/N-ethyl adjacent to an activating group) is 1. The van der Waals surface area contributed by atoms with Crippen molar-refractivity contribution in [3.8, 4) is 0 Å². The van der Waals surface area contributed by atoms with E-state index in [1.54, 1.807) is 0 Å². The molecule has 1 spiro atoms. The Morgan fingerprint density at radius 2 is 2.18 bits per heavy atom. The number of pyridine rings is 1. The third kappa shape index (κ3) is 3.17. The summed E-state index contributed by atoms with van der Waals surface area (Å²) in [4.78, 5) is 18.6. The largest absolute Gasteiger partial charge is 0.462 e. The van der Waals surface area contributed by atoms with Gasteiger partial charge in [-0.3, -0.25) is 9.78 Å². The molecule has 0 bridgehead atoms. The molecule has 7 atom stereocenters. The number of quaternary nitrogens is 1. The van der Waals surface area contributed by atoms with Gasteiger partial charge in [-0.2, -0.15) is 0 Å². The van der Waals surface area contributed by atoms with Crippen LogP contribution in [0.15, 0.2) is 24.4 Å². The monoisotopic (exact) mass is 385 g/mol. The summed E-state index contributed by atoms with van der Waals surface area (Å²) in [7, 11) is 2.20. The van der Waals surface area contributed by atoms with Gasteiger partial charge in [0, 0.05) is 24.2 Å². The van der Waals surface area contributed by atoms with Crippen LogP contribution in [0.2, 0.25) is 0 Å². The third-order valence-corrected chi connectivity index (χ3v) is 8.18. The molecule has 0 amide bonds. The lowest BCUT2D eigenvalue weighted by atomic mass is 9.53. The maximum absolute atomic E-state index is 12.8. The van der Waals surface area contributed by atoms with Gasteiger partial charge in [0.05, 0.1) is 32.3 Å². The average Bonchev–Trinajstić information content (AvgIpc) is 3.38. The molecular weight excluding hydrogens is 352 g/mol. The zero-order valence-electron chi connectivity index (χ0n) is 17.2. The molecule has 4 fully saturated rings. The van der Waals surface area contributed by atoms with Crippen molar-refractivity contribution >= 4 is 5.97 Å². The van der Waals surface area contributed by atoms with Crippen molar-refractivity contribution in [3.63, 3.8) is 0 Å². The van der Waals surface area contributed by atoms with Crippen LogP contribution in [0.4, 0.5) is 0 Å². The summed E-state index contributed by atoms with van der Waals surface area (Å²) in [5.41, 5.74) is 1.53. The van der Waals surface area contributed by atoms with Crippen molar-refractivity contribution < 1.29 is 19.2 Å². The van der Waals surface area contributed by atoms with E-state index in [1.165, 1.54) is 24.2 Å². The number of hydrogen-bond acceptors (Lipinski definition) is 4. The quantitative estimate of drug-likeness (QED) is 0.619. The molecular formula is C23H33N2O3+. The number of hydrogen-bond donors (Lipinski definition) is 1. The fourth-order valence-electron chi connectivity index (χ4n) is 6.56. The van der Waals surface area contributed by atoms with Crippen molar-refractivity contribution in [3.05, 3.63) is 30.1 Å². The highest BCUT2D eigenvalue weighted by atomic mass is 16.6. The van der Waals surface area contributed by atoms with Crippen LogP contribution in [-0.2, 0) is 20.7 Å². The summed E-state index contributed by atoms with van der Waals surface area (Å²) in [6.45, 7) is 5.21. The normalized spacial score (nSPS) is 42.6. The molecule has 2 saturated heterocycles. The summed E-state index contributed by atoms with van der Waals surface area (Å²) in [6.07, 6.45) is 8.76. The van der Waals surface area contributed by atoms with Gasteiger partial charge in [-0.25, -0.2) is 0 Å². The first-order valence-electron chi connectivity index (χ1n) is 11.0. The van der Waals surface area contributed by atoms with E-state index in [0.717, 1.165) is 44.7 Å². The van der Waals surface area contributed by atoms with Crippen molar-refractivity contribution in [2.24, 2.45) is 23.2 Å². The van der Waals surface area contributed by atoms with E-state index in [0.29, 0.717) is 11.8 Å². The smallest absolute Gasteiger partial charge is 0.315 e. The van der Waals surface area contributed by atoms with Crippen LogP contribution in [0.25, 0.3) is 0 Å². The Labute approximate surface area is 167 Å². The van der Waals surface area contributed by atoms with E-state index in [2.05, 4.69) is 25.0 Å². The first kappa shape index (κ1) is 18.6. The van der Waals surface area contributed by atoms with E-state index in [9.17, 15) is 4.79 Å². The Hall–Kier alpha value is -1.46. The minimum Gasteiger partial charge on any atom is -0.462 e. The van der Waals surface area contributed by atoms with Gasteiger partial charge >= 0.3 is 5.97 Å². The van der Waals surface area contributed by atoms with E-state index in [-0.39, 0.29) is 29.0 Å². The third-order valence-electron chi connectivity index (χ3n) is 8.18. The fraction of sp³-hybridized carbons (Fsp3) is 0.739. The number of nitrogens with zero attached hydrogens (tertiary/aromatic N) is 1. The average molecular weight is 386 g/mol. The number of epoxide rings is 1. The molecule has 152 valence electrons. The lowest BCUT2D eigenvalue weighted by Gasteiger charge is -2.51. The van der Waals surface area contributed by atoms with Gasteiger partial charge in [0.25, 0.3) is 0 Å². The van der Waals surface area contributed by atoms with Gasteiger partial charge in [0.2, 0.25) is 0 Å². The molecule has 28 heavy (non-hydrogen) atoms. The summed E-state index contributed by atoms with van der Waals surface area (Å²) >= 11 is 0. The van der Waals surface area contributed by atoms with Crippen LogP contribution >= 0.6 is 0 Å². The highest BCUT2D eigenvalue weighted by Crippen LogP contribution is 2.62. The van der Waals surface area contributed by atoms with E-state index in [4.69, 9.17) is 9.47 Å². The van der Waals surface area contributed by atoms with Gasteiger partial charge in [0.1, 0.15) is 12.0 Å². The molecule has 5 rings (SSSR count). The number of ether oxygens (including phenoxy) is 2. The molecule has 1 unspecified atom stereocenters. The van der Waals surface area contributed by atoms with E-state index < -0.39 is 0 Å². The highest BCUT2D eigenvalue weighted by molar-refractivity contribution is 5.75. The van der Waals surface area contributed by atoms with Crippen LogP contribution in [0.5, 0.6) is 0 Å². The fourth-order valence-corrected chi connectivity index (χ4v) is 6.56. The number of esters is 1. The Bertz CT molecular complexity index is 735. The zero-order chi connectivity index (χ0) is 19.4. The topological polar surface area (TPSA) is 56.2 Å². The predicted octanol–water partition coefficient (Wildman–Crippen LogP) is 1.67. The first-order valence-corrected chi connectivity index (χ1v) is 11.0. The predicted molar refractivity (Wildman–Crippen MR) is 105 cm³/mol. The van der Waals surface area contributed by atoms with Crippen molar-refractivity contribution in [1.29, 1.82) is 0 Å². The summed E-state index contributed by atoms with van der Waals surface area (Å²) in [6, 6.07) is 6.07. The molecule has 0 radical (unpaired) electrons. The standard InChI is InChI=1S/C23H32N2O3/c1-22-8-5-9-23(15-27-23)20(22)12-17-18(21(26)28-19(17)13-22)14-25(2)11-7-16-6-3-4-10-24-16/h3-4,6,10,17-20H,5,7-9,11-15H2,1-2H3/p+1/t17-,18-,19-,20+,22-,23+/m1/s1. The molecule has 2 aliphatic carbocycles. The molecule has 3 heterocycles. The Balaban J connectivity index is 1.25. The maximum Gasteiger partial charge on any atom is 0.315 e. The van der Waals surface area contributed by atoms with Crippen LogP contribution in [-0.4, -0.2) is 49.4 Å². The van der Waals surface area contributed by atoms with Gasteiger partial charge in [-0.1, -0.05) is 13.0 Å². The molecule has 5 nitrogen and oxygen atoms in total. The lowest BCUT2D eigenvalue weighted by Crippen LogP contribution is -3.10. The minimum absolute atomic E-state index is 0.0380. The van der Waals surface area contributed by atoms with Gasteiger partial charge in [-0.05, 0) is 55.6 Å². The second-order valence-electron chi connectivity index (χ2n) is 10.1. The molecule has 4 aliphatic rings. The maximum atomic E-state index is 12.8. The number of fused-ring (bicyclic) bond motifs is 3. The minimum atomic E-state index is 0.0380. The number of rotatable bonds is 5. The highest BCUT2D eigenvalue weighted by Gasteiger charge is 2.65. The SMILES string of the molecule is C[NH+](CCc1ccccn1)C[C@H]1C(=O)O[C@@H]2C[C@@]3(C)CCC[C@]4(CO4)[C@H]3C[C@@H]21. The Kier molecular flexibility index (Phi) is 4.51. The number of carbonyl (C=O) groups excluding carboxylic acids is 1. The van der Waals surface area contributed by atoms with Crippen LogP contribution in [0, 0.1) is 23.2 Å². The van der Waals surface area contributed by atoms with Gasteiger partial charge in [-0.15, -0.1) is 0 Å². The summed E-state index contributed by atoms with van der Waals surface area (Å²) < 4.78 is 12.0. The van der Waals surface area contributed by atoms with Crippen LogP contribution in [0.3, 0.4) is 0 Å². The van der Waals surface area contributed by atoms with Crippen molar-refractivity contribution in [1.82, 2.24) is 4.98 Å². The Morgan fingerprint density at radius 1 is 1.32 bits per heavy atom. The molecule has 1 N–H and O–H groups in total.